The molecule has 2 fully saturated rings. The van der Waals surface area contributed by atoms with Gasteiger partial charge in [-0.15, -0.1) is 11.8 Å². The molecule has 0 bridgehead atoms. The quantitative estimate of drug-likeness (QED) is 0.644. The number of thioether (sulfide) groups is 1. The van der Waals surface area contributed by atoms with E-state index in [9.17, 15) is 14.4 Å². The minimum atomic E-state index is -0.579. The van der Waals surface area contributed by atoms with Gasteiger partial charge in [-0.25, -0.2) is 0 Å². The lowest BCUT2D eigenvalue weighted by Crippen LogP contribution is -2.56. The van der Waals surface area contributed by atoms with Crippen molar-refractivity contribution in [1.82, 2.24) is 20.9 Å². The van der Waals surface area contributed by atoms with Crippen molar-refractivity contribution >= 4 is 29.5 Å². The summed E-state index contributed by atoms with van der Waals surface area (Å²) in [4.78, 5) is 40.8. The Morgan fingerprint density at radius 1 is 1.10 bits per heavy atom. The average Bonchev–Trinajstić information content (AvgIpc) is 3.15. The number of rotatable bonds is 5. The van der Waals surface area contributed by atoms with Gasteiger partial charge in [0, 0.05) is 0 Å². The lowest BCUT2D eigenvalue weighted by Gasteiger charge is -2.32. The van der Waals surface area contributed by atoms with E-state index >= 15 is 0 Å². The van der Waals surface area contributed by atoms with Crippen LogP contribution in [-0.2, 0) is 20.8 Å². The number of aryl methyl sites for hydroxylation is 1. The molecule has 1 unspecified atom stereocenters. The van der Waals surface area contributed by atoms with Crippen LogP contribution in [0.5, 0.6) is 0 Å². The van der Waals surface area contributed by atoms with Crippen LogP contribution in [0.1, 0.15) is 56.2 Å². The zero-order chi connectivity index (χ0) is 22.0. The molecule has 0 aromatic heterocycles. The largest absolute Gasteiger partial charge is 0.347 e. The van der Waals surface area contributed by atoms with E-state index in [0.717, 1.165) is 31.4 Å². The van der Waals surface area contributed by atoms with Crippen molar-refractivity contribution in [2.24, 2.45) is 0 Å². The molecule has 31 heavy (non-hydrogen) atoms. The molecule has 3 amide bonds. The molecule has 2 heterocycles. The molecule has 2 saturated heterocycles. The fourth-order valence-electron chi connectivity index (χ4n) is 4.85. The molecule has 2 aliphatic heterocycles. The SMILES string of the molecule is CN[C@@H](C)C(=O)N[C@H]1CCS[C@H]2CCC(C(=O)N[C@H]3CCCc4ccccc43)N2C1=O. The number of nitrogens with zero attached hydrogens (tertiary/aromatic N) is 1. The maximum Gasteiger partial charge on any atom is 0.246 e. The molecular formula is C23H32N4O3S. The van der Waals surface area contributed by atoms with Gasteiger partial charge in [0.15, 0.2) is 0 Å². The number of amides is 3. The highest BCUT2D eigenvalue weighted by atomic mass is 32.2. The Kier molecular flexibility index (Phi) is 6.86. The molecule has 0 saturated carbocycles. The van der Waals surface area contributed by atoms with Crippen molar-refractivity contribution in [3.63, 3.8) is 0 Å². The third-order valence-corrected chi connectivity index (χ3v) is 8.05. The Morgan fingerprint density at radius 2 is 1.90 bits per heavy atom. The van der Waals surface area contributed by atoms with Crippen LogP contribution in [0.4, 0.5) is 0 Å². The van der Waals surface area contributed by atoms with Gasteiger partial charge in [0.2, 0.25) is 17.7 Å². The van der Waals surface area contributed by atoms with E-state index in [2.05, 4.69) is 28.1 Å². The summed E-state index contributed by atoms with van der Waals surface area (Å²) in [5.74, 6) is 0.390. The molecule has 1 aliphatic carbocycles. The van der Waals surface area contributed by atoms with Crippen molar-refractivity contribution in [1.29, 1.82) is 0 Å². The van der Waals surface area contributed by atoms with E-state index in [0.29, 0.717) is 12.8 Å². The first-order valence-electron chi connectivity index (χ1n) is 11.3. The number of benzene rings is 1. The second kappa shape index (κ2) is 9.61. The van der Waals surface area contributed by atoms with Crippen LogP contribution < -0.4 is 16.0 Å². The summed E-state index contributed by atoms with van der Waals surface area (Å²) in [6, 6.07) is 6.86. The topological polar surface area (TPSA) is 90.5 Å². The number of nitrogens with one attached hydrogen (secondary N) is 3. The fourth-order valence-corrected chi connectivity index (χ4v) is 6.21. The monoisotopic (exact) mass is 444 g/mol. The first-order chi connectivity index (χ1) is 15.0. The average molecular weight is 445 g/mol. The highest BCUT2D eigenvalue weighted by Gasteiger charge is 2.45. The standard InChI is InChI=1S/C23H32N4O3S/c1-14(24-2)21(28)26-18-12-13-31-20-11-10-19(27(20)23(18)30)22(29)25-17-9-5-7-15-6-3-4-8-16(15)17/h3-4,6,8,14,17-20,24H,5,7,9-13H2,1-2H3,(H,25,29)(H,26,28)/t14-,17-,18-,19?,20-/m0/s1. The van der Waals surface area contributed by atoms with Gasteiger partial charge in [-0.1, -0.05) is 24.3 Å². The van der Waals surface area contributed by atoms with Gasteiger partial charge in [-0.2, -0.15) is 0 Å². The van der Waals surface area contributed by atoms with Crippen molar-refractivity contribution in [3.05, 3.63) is 35.4 Å². The van der Waals surface area contributed by atoms with E-state index in [1.165, 1.54) is 11.1 Å². The van der Waals surface area contributed by atoms with Crippen LogP contribution in [0, 0.1) is 0 Å². The summed E-state index contributed by atoms with van der Waals surface area (Å²) in [5.41, 5.74) is 2.49. The molecule has 8 heteroatoms. The molecule has 1 aromatic rings. The number of carbonyl (C=O) groups is 3. The number of fused-ring (bicyclic) bond motifs is 2. The van der Waals surface area contributed by atoms with Crippen molar-refractivity contribution < 1.29 is 14.4 Å². The third-order valence-electron chi connectivity index (χ3n) is 6.73. The zero-order valence-electron chi connectivity index (χ0n) is 18.2. The minimum absolute atomic E-state index is 0.00166. The normalized spacial score (nSPS) is 28.8. The van der Waals surface area contributed by atoms with Crippen LogP contribution in [0.15, 0.2) is 24.3 Å². The van der Waals surface area contributed by atoms with Gasteiger partial charge in [0.25, 0.3) is 0 Å². The third kappa shape index (κ3) is 4.60. The number of carbonyl (C=O) groups excluding carboxylic acids is 3. The van der Waals surface area contributed by atoms with Crippen LogP contribution >= 0.6 is 11.8 Å². The summed E-state index contributed by atoms with van der Waals surface area (Å²) in [6.45, 7) is 1.77. The Labute approximate surface area is 188 Å². The van der Waals surface area contributed by atoms with Gasteiger partial charge < -0.3 is 20.9 Å². The summed E-state index contributed by atoms with van der Waals surface area (Å²) >= 11 is 1.72. The van der Waals surface area contributed by atoms with Crippen LogP contribution in [0.3, 0.4) is 0 Å². The molecule has 1 aromatic carbocycles. The second-order valence-corrected chi connectivity index (χ2v) is 9.96. The van der Waals surface area contributed by atoms with E-state index in [-0.39, 0.29) is 35.2 Å². The predicted octanol–water partition coefficient (Wildman–Crippen LogP) is 1.73. The molecule has 3 N–H and O–H groups in total. The van der Waals surface area contributed by atoms with Gasteiger partial charge in [0.1, 0.15) is 12.1 Å². The molecule has 7 nitrogen and oxygen atoms in total. The molecule has 168 valence electrons. The fraction of sp³-hybridized carbons (Fsp3) is 0.609. The first kappa shape index (κ1) is 22.1. The highest BCUT2D eigenvalue weighted by molar-refractivity contribution is 7.99. The lowest BCUT2D eigenvalue weighted by atomic mass is 9.87. The van der Waals surface area contributed by atoms with Crippen molar-refractivity contribution in [2.45, 2.75) is 75.0 Å². The molecule has 0 radical (unpaired) electrons. The number of likely N-dealkylation sites (N-methyl/N-ethyl adjacent to an activating group) is 1. The predicted molar refractivity (Wildman–Crippen MR) is 121 cm³/mol. The second-order valence-electron chi connectivity index (χ2n) is 8.68. The van der Waals surface area contributed by atoms with Crippen LogP contribution in [-0.4, -0.2) is 58.9 Å². The molecule has 0 spiro atoms. The Morgan fingerprint density at radius 3 is 2.71 bits per heavy atom. The maximum absolute atomic E-state index is 13.4. The first-order valence-corrected chi connectivity index (χ1v) is 12.3. The van der Waals surface area contributed by atoms with Crippen molar-refractivity contribution in [2.75, 3.05) is 12.8 Å². The van der Waals surface area contributed by atoms with Crippen molar-refractivity contribution in [3.8, 4) is 0 Å². The molecular weight excluding hydrogens is 412 g/mol. The van der Waals surface area contributed by atoms with E-state index in [4.69, 9.17) is 0 Å². The molecule has 5 atom stereocenters. The highest BCUT2D eigenvalue weighted by Crippen LogP contribution is 2.37. The maximum atomic E-state index is 13.4. The summed E-state index contributed by atoms with van der Waals surface area (Å²) in [6.07, 6.45) is 5.07. The van der Waals surface area contributed by atoms with E-state index < -0.39 is 12.1 Å². The Bertz CT molecular complexity index is 848. The summed E-state index contributed by atoms with van der Waals surface area (Å²) < 4.78 is 0. The van der Waals surface area contributed by atoms with Crippen LogP contribution in [0.25, 0.3) is 0 Å². The van der Waals surface area contributed by atoms with Gasteiger partial charge in [-0.05, 0) is 69.4 Å². The minimum Gasteiger partial charge on any atom is -0.347 e. The molecule has 4 rings (SSSR count). The Balaban J connectivity index is 1.47. The van der Waals surface area contributed by atoms with E-state index in [1.54, 1.807) is 30.6 Å². The van der Waals surface area contributed by atoms with E-state index in [1.807, 2.05) is 12.1 Å². The lowest BCUT2D eigenvalue weighted by molar-refractivity contribution is -0.142. The zero-order valence-corrected chi connectivity index (χ0v) is 19.0. The summed E-state index contributed by atoms with van der Waals surface area (Å²) in [5, 5.41) is 9.03. The number of hydrogen-bond donors (Lipinski definition) is 3. The Hall–Kier alpha value is -2.06. The smallest absolute Gasteiger partial charge is 0.246 e. The van der Waals surface area contributed by atoms with Crippen LogP contribution in [0.2, 0.25) is 0 Å². The van der Waals surface area contributed by atoms with Gasteiger partial charge in [0.05, 0.1) is 17.5 Å². The van der Waals surface area contributed by atoms with Gasteiger partial charge in [-0.3, -0.25) is 14.4 Å². The number of hydrogen-bond acceptors (Lipinski definition) is 5. The summed E-state index contributed by atoms with van der Waals surface area (Å²) in [7, 11) is 1.72. The van der Waals surface area contributed by atoms with Gasteiger partial charge >= 0.3 is 0 Å². The molecule has 3 aliphatic rings.